The molecule has 1 aliphatic carbocycles. The zero-order valence-electron chi connectivity index (χ0n) is 11.3. The third-order valence-corrected chi connectivity index (χ3v) is 7.63. The minimum atomic E-state index is -3.00. The van der Waals surface area contributed by atoms with E-state index >= 15 is 0 Å². The Labute approximate surface area is 121 Å². The van der Waals surface area contributed by atoms with E-state index in [-0.39, 0.29) is 16.4 Å². The van der Waals surface area contributed by atoms with Crippen LogP contribution in [0.25, 0.3) is 0 Å². The highest BCUT2D eigenvalue weighted by Gasteiger charge is 2.39. The standard InChI is InChI=1S/C13H24Cl2O2S/c1-11(2)18(16,17)8-7-13(9-14,10-15)12-5-3-4-6-12/h11-12H,3-10H2,1-2H3. The van der Waals surface area contributed by atoms with Crippen LogP contribution in [-0.2, 0) is 9.84 Å². The van der Waals surface area contributed by atoms with Gasteiger partial charge in [-0.25, -0.2) is 8.42 Å². The molecule has 0 aliphatic heterocycles. The maximum atomic E-state index is 11.9. The van der Waals surface area contributed by atoms with E-state index in [1.54, 1.807) is 13.8 Å². The molecule has 0 N–H and O–H groups in total. The molecule has 5 heteroatoms. The van der Waals surface area contributed by atoms with Gasteiger partial charge >= 0.3 is 0 Å². The van der Waals surface area contributed by atoms with Crippen LogP contribution in [0.1, 0.15) is 46.0 Å². The molecule has 1 saturated carbocycles. The second-order valence-electron chi connectivity index (χ2n) is 5.78. The molecule has 0 radical (unpaired) electrons. The molecule has 0 saturated heterocycles. The Morgan fingerprint density at radius 1 is 1.17 bits per heavy atom. The molecule has 1 fully saturated rings. The molecule has 18 heavy (non-hydrogen) atoms. The summed E-state index contributed by atoms with van der Waals surface area (Å²) in [5, 5.41) is -0.315. The van der Waals surface area contributed by atoms with Gasteiger partial charge in [-0.15, -0.1) is 23.2 Å². The van der Waals surface area contributed by atoms with Crippen molar-refractivity contribution < 1.29 is 8.42 Å². The van der Waals surface area contributed by atoms with Crippen LogP contribution in [0.2, 0.25) is 0 Å². The van der Waals surface area contributed by atoms with Crippen LogP contribution in [-0.4, -0.2) is 31.2 Å². The van der Waals surface area contributed by atoms with E-state index in [1.807, 2.05) is 0 Å². The lowest BCUT2D eigenvalue weighted by molar-refractivity contribution is 0.219. The van der Waals surface area contributed by atoms with E-state index in [1.165, 1.54) is 12.8 Å². The smallest absolute Gasteiger partial charge is 0.152 e. The molecule has 0 amide bonds. The van der Waals surface area contributed by atoms with Gasteiger partial charge in [0.2, 0.25) is 0 Å². The summed E-state index contributed by atoms with van der Waals surface area (Å²) in [5.74, 6) is 1.64. The van der Waals surface area contributed by atoms with Crippen molar-refractivity contribution in [1.82, 2.24) is 0 Å². The predicted molar refractivity (Wildman–Crippen MR) is 79.4 cm³/mol. The molecule has 1 aliphatic rings. The first kappa shape index (κ1) is 16.6. The third kappa shape index (κ3) is 3.77. The van der Waals surface area contributed by atoms with Crippen LogP contribution >= 0.6 is 23.2 Å². The number of halogens is 2. The molecule has 0 aromatic heterocycles. The second-order valence-corrected chi connectivity index (χ2v) is 8.99. The Bertz CT molecular complexity index is 342. The topological polar surface area (TPSA) is 34.1 Å². The van der Waals surface area contributed by atoms with E-state index in [0.29, 0.717) is 24.1 Å². The van der Waals surface area contributed by atoms with Crippen molar-refractivity contribution in [2.24, 2.45) is 11.3 Å². The van der Waals surface area contributed by atoms with Crippen molar-refractivity contribution in [2.45, 2.75) is 51.2 Å². The van der Waals surface area contributed by atoms with Crippen molar-refractivity contribution >= 4 is 33.0 Å². The summed E-state index contributed by atoms with van der Waals surface area (Å²) in [7, 11) is -3.00. The molecule has 0 spiro atoms. The fourth-order valence-electron chi connectivity index (χ4n) is 2.71. The molecule has 0 heterocycles. The fraction of sp³-hybridized carbons (Fsp3) is 1.00. The Morgan fingerprint density at radius 3 is 2.06 bits per heavy atom. The normalized spacial score (nSPS) is 18.7. The average molecular weight is 315 g/mol. The van der Waals surface area contributed by atoms with Gasteiger partial charge in [0.15, 0.2) is 9.84 Å². The molecule has 0 bridgehead atoms. The van der Waals surface area contributed by atoms with Crippen molar-refractivity contribution in [3.63, 3.8) is 0 Å². The quantitative estimate of drug-likeness (QED) is 0.669. The Morgan fingerprint density at radius 2 is 1.67 bits per heavy atom. The van der Waals surface area contributed by atoms with Crippen LogP contribution in [0.5, 0.6) is 0 Å². The SMILES string of the molecule is CC(C)S(=O)(=O)CCC(CCl)(CCl)C1CCCC1. The van der Waals surface area contributed by atoms with E-state index in [4.69, 9.17) is 23.2 Å². The van der Waals surface area contributed by atoms with E-state index in [2.05, 4.69) is 0 Å². The molecule has 0 aromatic carbocycles. The average Bonchev–Trinajstić information content (AvgIpc) is 2.85. The molecule has 108 valence electrons. The van der Waals surface area contributed by atoms with Gasteiger partial charge in [0.1, 0.15) is 0 Å². The van der Waals surface area contributed by atoms with Crippen molar-refractivity contribution in [2.75, 3.05) is 17.5 Å². The van der Waals surface area contributed by atoms with Crippen LogP contribution in [0.4, 0.5) is 0 Å². The number of rotatable bonds is 7. The molecular weight excluding hydrogens is 291 g/mol. The van der Waals surface area contributed by atoms with Crippen LogP contribution in [0.15, 0.2) is 0 Å². The van der Waals surface area contributed by atoms with Crippen molar-refractivity contribution in [1.29, 1.82) is 0 Å². The molecular formula is C13H24Cl2O2S. The molecule has 0 aromatic rings. The van der Waals surface area contributed by atoms with Gasteiger partial charge < -0.3 is 0 Å². The summed E-state index contributed by atoms with van der Waals surface area (Å²) in [6.45, 7) is 3.46. The van der Waals surface area contributed by atoms with Gasteiger partial charge in [-0.1, -0.05) is 12.8 Å². The number of hydrogen-bond acceptors (Lipinski definition) is 2. The van der Waals surface area contributed by atoms with Crippen molar-refractivity contribution in [3.05, 3.63) is 0 Å². The first-order valence-corrected chi connectivity index (χ1v) is 9.50. The molecule has 0 unspecified atom stereocenters. The summed E-state index contributed by atoms with van der Waals surface area (Å²) < 4.78 is 23.9. The van der Waals surface area contributed by atoms with E-state index in [0.717, 1.165) is 12.8 Å². The second kappa shape index (κ2) is 6.81. The highest BCUT2D eigenvalue weighted by molar-refractivity contribution is 7.91. The van der Waals surface area contributed by atoms with Gasteiger partial charge in [0.05, 0.1) is 11.0 Å². The lowest BCUT2D eigenvalue weighted by Crippen LogP contribution is -2.36. The third-order valence-electron chi connectivity index (χ3n) is 4.36. The van der Waals surface area contributed by atoms with Gasteiger partial charge in [0.25, 0.3) is 0 Å². The first-order chi connectivity index (χ1) is 8.38. The summed E-state index contributed by atoms with van der Waals surface area (Å²) in [5.41, 5.74) is -0.193. The van der Waals surface area contributed by atoms with Gasteiger partial charge in [-0.3, -0.25) is 0 Å². The van der Waals surface area contributed by atoms with Gasteiger partial charge in [-0.05, 0) is 39.0 Å². The molecule has 1 rings (SSSR count). The monoisotopic (exact) mass is 314 g/mol. The highest BCUT2D eigenvalue weighted by Crippen LogP contribution is 2.44. The van der Waals surface area contributed by atoms with E-state index in [9.17, 15) is 8.42 Å². The molecule has 0 atom stereocenters. The van der Waals surface area contributed by atoms with Gasteiger partial charge in [-0.2, -0.15) is 0 Å². The summed E-state index contributed by atoms with van der Waals surface area (Å²) in [6, 6.07) is 0. The van der Waals surface area contributed by atoms with Crippen LogP contribution in [0, 0.1) is 11.3 Å². The number of hydrogen-bond donors (Lipinski definition) is 0. The zero-order chi connectivity index (χ0) is 13.8. The maximum Gasteiger partial charge on any atom is 0.152 e. The van der Waals surface area contributed by atoms with Crippen LogP contribution < -0.4 is 0 Å². The predicted octanol–water partition coefficient (Wildman–Crippen LogP) is 3.85. The number of sulfone groups is 1. The minimum Gasteiger partial charge on any atom is -0.229 e. The van der Waals surface area contributed by atoms with Crippen LogP contribution in [0.3, 0.4) is 0 Å². The first-order valence-electron chi connectivity index (χ1n) is 6.71. The van der Waals surface area contributed by atoms with Gasteiger partial charge in [0, 0.05) is 17.2 Å². The van der Waals surface area contributed by atoms with E-state index < -0.39 is 9.84 Å². The Kier molecular flexibility index (Phi) is 6.27. The largest absolute Gasteiger partial charge is 0.229 e. The lowest BCUT2D eigenvalue weighted by Gasteiger charge is -2.36. The Hall–Kier alpha value is 0.530. The molecule has 2 nitrogen and oxygen atoms in total. The maximum absolute atomic E-state index is 11.9. The number of alkyl halides is 2. The fourth-order valence-corrected chi connectivity index (χ4v) is 4.86. The summed E-state index contributed by atoms with van der Waals surface area (Å²) in [4.78, 5) is 0. The zero-order valence-corrected chi connectivity index (χ0v) is 13.6. The lowest BCUT2D eigenvalue weighted by atomic mass is 9.75. The minimum absolute atomic E-state index is 0.193. The summed E-state index contributed by atoms with van der Waals surface area (Å²) in [6.07, 6.45) is 5.32. The highest BCUT2D eigenvalue weighted by atomic mass is 35.5. The Balaban J connectivity index is 2.74. The summed E-state index contributed by atoms with van der Waals surface area (Å²) >= 11 is 12.3. The van der Waals surface area contributed by atoms with Crippen molar-refractivity contribution in [3.8, 4) is 0 Å².